The molecule has 4 rings (SSSR count). The summed E-state index contributed by atoms with van der Waals surface area (Å²) >= 11 is 1.27. The first-order valence-corrected chi connectivity index (χ1v) is 11.0. The quantitative estimate of drug-likeness (QED) is 0.646. The van der Waals surface area contributed by atoms with Crippen molar-refractivity contribution >= 4 is 32.6 Å². The molecule has 0 spiro atoms. The molecule has 0 radical (unpaired) electrons. The van der Waals surface area contributed by atoms with Crippen LogP contribution in [0.15, 0.2) is 36.5 Å². The molecule has 0 fully saturated rings. The second-order valence-corrected chi connectivity index (χ2v) is 9.80. The van der Waals surface area contributed by atoms with Gasteiger partial charge in [0.1, 0.15) is 0 Å². The molecular formula is C17H19N7O3S2. The number of nitrogens with zero attached hydrogens (tertiary/aromatic N) is 6. The predicted octanol–water partition coefficient (Wildman–Crippen LogP) is 1.14. The summed E-state index contributed by atoms with van der Waals surface area (Å²) in [5.41, 5.74) is 1.72. The average Bonchev–Trinajstić information content (AvgIpc) is 3.34. The van der Waals surface area contributed by atoms with E-state index in [1.807, 2.05) is 30.3 Å². The Bertz CT molecular complexity index is 1140. The fraction of sp³-hybridized carbons (Fsp3) is 0.294. The maximum atomic E-state index is 12.5. The third-order valence-electron chi connectivity index (χ3n) is 4.42. The van der Waals surface area contributed by atoms with Gasteiger partial charge in [-0.3, -0.25) is 10.1 Å². The Hall–Kier alpha value is -2.67. The second kappa shape index (κ2) is 7.63. The molecule has 1 N–H and O–H groups in total. The average molecular weight is 434 g/mol. The van der Waals surface area contributed by atoms with E-state index in [4.69, 9.17) is 0 Å². The van der Waals surface area contributed by atoms with Gasteiger partial charge in [-0.05, 0) is 12.1 Å². The van der Waals surface area contributed by atoms with Gasteiger partial charge < -0.3 is 0 Å². The van der Waals surface area contributed by atoms with E-state index in [2.05, 4.69) is 20.5 Å². The molecule has 3 heterocycles. The summed E-state index contributed by atoms with van der Waals surface area (Å²) in [6.45, 7) is 0.601. The van der Waals surface area contributed by atoms with E-state index in [0.29, 0.717) is 18.1 Å². The number of hydrogen-bond acceptors (Lipinski definition) is 7. The van der Waals surface area contributed by atoms with E-state index in [1.54, 1.807) is 0 Å². The Morgan fingerprint density at radius 2 is 2.00 bits per heavy atom. The van der Waals surface area contributed by atoms with Crippen LogP contribution in [0.4, 0.5) is 5.13 Å². The molecule has 3 aromatic rings. The minimum absolute atomic E-state index is 0.166. The van der Waals surface area contributed by atoms with Crippen LogP contribution in [0.5, 0.6) is 0 Å². The molecule has 0 saturated carbocycles. The fourth-order valence-corrected chi connectivity index (χ4v) is 5.04. The van der Waals surface area contributed by atoms with Crippen molar-refractivity contribution in [3.8, 4) is 5.69 Å². The Morgan fingerprint density at radius 1 is 1.24 bits per heavy atom. The third-order valence-corrected chi connectivity index (χ3v) is 7.30. The predicted molar refractivity (Wildman–Crippen MR) is 108 cm³/mol. The summed E-state index contributed by atoms with van der Waals surface area (Å²) in [5.74, 6) is -0.420. The monoisotopic (exact) mass is 433 g/mol. The Morgan fingerprint density at radius 3 is 2.72 bits per heavy atom. The summed E-state index contributed by atoms with van der Waals surface area (Å²) < 4.78 is 27.3. The largest absolute Gasteiger partial charge is 0.296 e. The maximum absolute atomic E-state index is 12.5. The molecule has 1 aromatic carbocycles. The molecule has 0 aliphatic carbocycles. The van der Waals surface area contributed by atoms with E-state index < -0.39 is 16.1 Å². The van der Waals surface area contributed by atoms with Gasteiger partial charge in [0.2, 0.25) is 0 Å². The van der Waals surface area contributed by atoms with E-state index in [1.165, 1.54) is 45.0 Å². The SMILES string of the molecule is CN(C)S(=O)(=O)N1CCc2nc(NC(=O)c3cnn(-c4ccccc4)n3)sc2C1. The highest BCUT2D eigenvalue weighted by molar-refractivity contribution is 7.86. The minimum Gasteiger partial charge on any atom is -0.296 e. The Kier molecular flexibility index (Phi) is 5.17. The van der Waals surface area contributed by atoms with Crippen LogP contribution in [0.25, 0.3) is 5.69 Å². The zero-order chi connectivity index (χ0) is 20.6. The number of para-hydroxylation sites is 1. The number of hydrogen-bond donors (Lipinski definition) is 1. The topological polar surface area (TPSA) is 113 Å². The normalized spacial score (nSPS) is 14.7. The van der Waals surface area contributed by atoms with Gasteiger partial charge in [0.15, 0.2) is 10.8 Å². The molecule has 0 unspecified atom stereocenters. The highest BCUT2D eigenvalue weighted by Gasteiger charge is 2.30. The van der Waals surface area contributed by atoms with E-state index in [0.717, 1.165) is 16.3 Å². The van der Waals surface area contributed by atoms with Gasteiger partial charge in [-0.25, -0.2) is 4.98 Å². The van der Waals surface area contributed by atoms with Crippen LogP contribution in [0.3, 0.4) is 0 Å². The molecule has 1 aliphatic rings. The lowest BCUT2D eigenvalue weighted by Gasteiger charge is -2.27. The van der Waals surface area contributed by atoms with Crippen molar-refractivity contribution in [2.75, 3.05) is 26.0 Å². The summed E-state index contributed by atoms with van der Waals surface area (Å²) in [6, 6.07) is 9.28. The molecule has 152 valence electrons. The van der Waals surface area contributed by atoms with E-state index in [-0.39, 0.29) is 12.2 Å². The highest BCUT2D eigenvalue weighted by Crippen LogP contribution is 2.30. The van der Waals surface area contributed by atoms with Crippen molar-refractivity contribution in [1.82, 2.24) is 28.6 Å². The van der Waals surface area contributed by atoms with Crippen molar-refractivity contribution in [1.29, 1.82) is 0 Å². The van der Waals surface area contributed by atoms with Gasteiger partial charge in [0.25, 0.3) is 16.1 Å². The number of nitrogens with one attached hydrogen (secondary N) is 1. The number of benzene rings is 1. The molecule has 0 atom stereocenters. The van der Waals surface area contributed by atoms with E-state index in [9.17, 15) is 13.2 Å². The number of carbonyl (C=O) groups is 1. The number of amides is 1. The van der Waals surface area contributed by atoms with Gasteiger partial charge in [-0.2, -0.15) is 26.9 Å². The lowest BCUT2D eigenvalue weighted by molar-refractivity contribution is 0.102. The first-order valence-electron chi connectivity index (χ1n) is 8.80. The number of carbonyl (C=O) groups excluding carboxylic acids is 1. The van der Waals surface area contributed by atoms with Crippen LogP contribution in [0.1, 0.15) is 21.1 Å². The van der Waals surface area contributed by atoms with Gasteiger partial charge in [0.05, 0.1) is 24.1 Å². The van der Waals surface area contributed by atoms with Crippen molar-refractivity contribution in [2.24, 2.45) is 0 Å². The standard InChI is InChI=1S/C17H19N7O3S2/c1-22(2)29(26,27)23-9-8-13-15(11-23)28-17(19-13)20-16(25)14-10-18-24(21-14)12-6-4-3-5-7-12/h3-7,10H,8-9,11H2,1-2H3,(H,19,20,25). The lowest BCUT2D eigenvalue weighted by atomic mass is 10.2. The molecule has 1 aliphatic heterocycles. The molecule has 12 heteroatoms. The second-order valence-electron chi connectivity index (χ2n) is 6.57. The minimum atomic E-state index is -3.49. The summed E-state index contributed by atoms with van der Waals surface area (Å²) in [6.07, 6.45) is 1.89. The molecule has 29 heavy (non-hydrogen) atoms. The first-order chi connectivity index (χ1) is 13.8. The molecule has 2 aromatic heterocycles. The number of fused-ring (bicyclic) bond motifs is 1. The molecule has 1 amide bonds. The number of rotatable bonds is 5. The Labute approximate surface area is 172 Å². The molecule has 10 nitrogen and oxygen atoms in total. The van der Waals surface area contributed by atoms with Crippen LogP contribution >= 0.6 is 11.3 Å². The molecule has 0 saturated heterocycles. The van der Waals surface area contributed by atoms with Crippen LogP contribution in [-0.2, 0) is 23.2 Å². The highest BCUT2D eigenvalue weighted by atomic mass is 32.2. The summed E-state index contributed by atoms with van der Waals surface area (Å²) in [5, 5.41) is 11.5. The van der Waals surface area contributed by atoms with E-state index >= 15 is 0 Å². The van der Waals surface area contributed by atoms with Gasteiger partial charge in [-0.15, -0.1) is 16.4 Å². The van der Waals surface area contributed by atoms with Crippen LogP contribution < -0.4 is 5.32 Å². The smallest absolute Gasteiger partial charge is 0.281 e. The fourth-order valence-electron chi connectivity index (χ4n) is 2.87. The van der Waals surface area contributed by atoms with Crippen LogP contribution in [0.2, 0.25) is 0 Å². The summed E-state index contributed by atoms with van der Waals surface area (Å²) in [7, 11) is -0.474. The summed E-state index contributed by atoms with van der Waals surface area (Å²) in [4.78, 5) is 19.2. The third kappa shape index (κ3) is 3.92. The number of anilines is 1. The maximum Gasteiger partial charge on any atom is 0.281 e. The number of aromatic nitrogens is 4. The lowest BCUT2D eigenvalue weighted by Crippen LogP contribution is -2.42. The Balaban J connectivity index is 1.47. The van der Waals surface area contributed by atoms with Crippen molar-refractivity contribution in [3.63, 3.8) is 0 Å². The van der Waals surface area contributed by atoms with Crippen molar-refractivity contribution in [2.45, 2.75) is 13.0 Å². The zero-order valence-corrected chi connectivity index (χ0v) is 17.4. The van der Waals surface area contributed by atoms with Gasteiger partial charge >= 0.3 is 0 Å². The van der Waals surface area contributed by atoms with Gasteiger partial charge in [-0.1, -0.05) is 18.2 Å². The molecule has 0 bridgehead atoms. The molecular weight excluding hydrogens is 414 g/mol. The van der Waals surface area contributed by atoms with Crippen molar-refractivity contribution in [3.05, 3.63) is 52.8 Å². The number of thiazole rings is 1. The van der Waals surface area contributed by atoms with Crippen LogP contribution in [-0.4, -0.2) is 63.6 Å². The van der Waals surface area contributed by atoms with Crippen LogP contribution in [0, 0.1) is 0 Å². The van der Waals surface area contributed by atoms with Gasteiger partial charge in [0, 0.05) is 31.9 Å². The zero-order valence-electron chi connectivity index (χ0n) is 15.8. The first kappa shape index (κ1) is 19.6. The van der Waals surface area contributed by atoms with Crippen molar-refractivity contribution < 1.29 is 13.2 Å².